The zero-order valence-electron chi connectivity index (χ0n) is 21.2. The number of nitrogens with zero attached hydrogens (tertiary/aromatic N) is 2. The first-order valence-corrected chi connectivity index (χ1v) is 11.5. The predicted molar refractivity (Wildman–Crippen MR) is 121 cm³/mol. The number of hydrogen-bond donors (Lipinski definition) is 0. The molecule has 0 atom stereocenters. The van der Waals surface area contributed by atoms with Crippen molar-refractivity contribution in [3.63, 3.8) is 0 Å². The van der Waals surface area contributed by atoms with E-state index in [-0.39, 0.29) is 26.8 Å². The number of alkyl halides is 6. The second-order valence-corrected chi connectivity index (χ2v) is 9.22. The van der Waals surface area contributed by atoms with Crippen molar-refractivity contribution in [3.05, 3.63) is 94.2 Å². The van der Waals surface area contributed by atoms with Crippen molar-refractivity contribution < 1.29 is 79.2 Å². The normalized spacial score (nSPS) is 14.1. The molecule has 0 saturated carbocycles. The van der Waals surface area contributed by atoms with E-state index in [2.05, 4.69) is 16.0 Å². The van der Waals surface area contributed by atoms with E-state index in [1.54, 1.807) is 0 Å². The topological polar surface area (TPSA) is 53.5 Å². The smallest absolute Gasteiger partial charge is 0.463 e. The zero-order valence-corrected chi connectivity index (χ0v) is 23.5. The molecule has 0 radical (unpaired) electrons. The first kappa shape index (κ1) is 32.1. The Kier molecular flexibility index (Phi) is 8.20. The SMILES string of the molecule is CC1(C)c2cccc(n2)Oc2[c-]c(c(F)c(C(F)(F)F)c2F)Oc2cccc(n2)Oc2[c-]c1c(F)c(C(F)(F)F)c2F.[Pt+2]. The number of aromatic nitrogens is 2. The molecule has 4 aromatic rings. The van der Waals surface area contributed by atoms with E-state index in [0.717, 1.165) is 30.3 Å². The van der Waals surface area contributed by atoms with Crippen molar-refractivity contribution in [2.24, 2.45) is 0 Å². The predicted octanol–water partition coefficient (Wildman–Crippen LogP) is 8.68. The number of rotatable bonds is 0. The Morgan fingerprint density at radius 1 is 0.605 bits per heavy atom. The summed E-state index contributed by atoms with van der Waals surface area (Å²) in [4.78, 5) is 7.61. The molecule has 1 aliphatic rings. The minimum Gasteiger partial charge on any atom is -0.463 e. The molecule has 0 aliphatic carbocycles. The molecule has 0 fully saturated rings. The van der Waals surface area contributed by atoms with Crippen molar-refractivity contribution in [2.75, 3.05) is 0 Å². The third kappa shape index (κ3) is 5.86. The van der Waals surface area contributed by atoms with Crippen molar-refractivity contribution in [1.29, 1.82) is 0 Å². The van der Waals surface area contributed by atoms with E-state index >= 15 is 8.78 Å². The molecule has 8 bridgehead atoms. The molecule has 0 saturated heterocycles. The number of fused-ring (bicyclic) bond motifs is 8. The Morgan fingerprint density at radius 2 is 1.00 bits per heavy atom. The molecule has 2 aromatic carbocycles. The zero-order chi connectivity index (χ0) is 30.8. The minimum absolute atomic E-state index is 0. The molecule has 0 spiro atoms. The molecule has 43 heavy (non-hydrogen) atoms. The summed E-state index contributed by atoms with van der Waals surface area (Å²) in [5.41, 5.74) is -7.74. The van der Waals surface area contributed by atoms with Crippen LogP contribution < -0.4 is 14.2 Å². The van der Waals surface area contributed by atoms with Gasteiger partial charge in [-0.05, 0) is 6.07 Å². The first-order chi connectivity index (χ1) is 19.5. The van der Waals surface area contributed by atoms with Gasteiger partial charge in [0.2, 0.25) is 17.6 Å². The van der Waals surface area contributed by atoms with Crippen LogP contribution >= 0.6 is 0 Å². The number of hydrogen-bond acceptors (Lipinski definition) is 5. The van der Waals surface area contributed by atoms with Gasteiger partial charge in [0.1, 0.15) is 0 Å². The summed E-state index contributed by atoms with van der Waals surface area (Å²) in [7, 11) is 0. The van der Waals surface area contributed by atoms with Gasteiger partial charge in [-0.25, -0.2) is 4.98 Å². The fourth-order valence-corrected chi connectivity index (χ4v) is 4.00. The summed E-state index contributed by atoms with van der Waals surface area (Å²) in [6.45, 7) is 2.35. The summed E-state index contributed by atoms with van der Waals surface area (Å²) in [6.07, 6.45) is -11.1. The van der Waals surface area contributed by atoms with Crippen LogP contribution in [-0.2, 0) is 38.8 Å². The van der Waals surface area contributed by atoms with Crippen LogP contribution in [0.1, 0.15) is 36.2 Å². The molecule has 0 N–H and O–H groups in total. The van der Waals surface area contributed by atoms with Gasteiger partial charge < -0.3 is 14.2 Å². The van der Waals surface area contributed by atoms with E-state index < -0.39 is 92.6 Å². The van der Waals surface area contributed by atoms with Crippen LogP contribution in [0, 0.1) is 35.4 Å². The van der Waals surface area contributed by atoms with Gasteiger partial charge in [0, 0.05) is 40.6 Å². The van der Waals surface area contributed by atoms with Gasteiger partial charge in [0.25, 0.3) is 0 Å². The molecular formula is C27H12F10N2O3Pt. The standard InChI is InChI=1S/C27H12F10N2O3.Pt/c1-25(2)11-9-12(22(29)19(21(11)28)26(32,33)34)40-17-7-4-8-18(39-17)42-14-10-13(41-16-6-3-5-15(25)38-16)23(30)20(24(14)31)27(35,36)37;/h3-8H,1-2H3;/q-2;+2. The minimum atomic E-state index is -5.58. The van der Waals surface area contributed by atoms with Gasteiger partial charge in [-0.1, -0.05) is 32.0 Å². The van der Waals surface area contributed by atoms with Crippen LogP contribution in [0.15, 0.2) is 36.4 Å². The average Bonchev–Trinajstić information content (AvgIpc) is 2.87. The summed E-state index contributed by atoms with van der Waals surface area (Å²) >= 11 is 0. The molecule has 228 valence electrons. The second kappa shape index (κ2) is 11.0. The van der Waals surface area contributed by atoms with Crippen LogP contribution in [0.5, 0.6) is 34.9 Å². The van der Waals surface area contributed by atoms with E-state index in [1.165, 1.54) is 19.9 Å². The monoisotopic (exact) mass is 797 g/mol. The molecule has 3 heterocycles. The molecule has 5 rings (SSSR count). The Bertz CT molecular complexity index is 1730. The summed E-state index contributed by atoms with van der Waals surface area (Å²) in [5, 5.41) is 0. The van der Waals surface area contributed by atoms with Crippen LogP contribution in [0.3, 0.4) is 0 Å². The largest absolute Gasteiger partial charge is 2.00 e. The van der Waals surface area contributed by atoms with Crippen LogP contribution in [-0.4, -0.2) is 9.97 Å². The maximum atomic E-state index is 15.4. The Labute approximate surface area is 249 Å². The Morgan fingerprint density at radius 3 is 1.47 bits per heavy atom. The first-order valence-electron chi connectivity index (χ1n) is 11.5. The fraction of sp³-hybridized carbons (Fsp3) is 0.185. The van der Waals surface area contributed by atoms with Crippen LogP contribution in [0.25, 0.3) is 0 Å². The van der Waals surface area contributed by atoms with Gasteiger partial charge in [-0.15, -0.1) is 11.6 Å². The van der Waals surface area contributed by atoms with Gasteiger partial charge >= 0.3 is 33.4 Å². The van der Waals surface area contributed by atoms with E-state index in [9.17, 15) is 35.1 Å². The third-order valence-corrected chi connectivity index (χ3v) is 6.03. The van der Waals surface area contributed by atoms with Crippen molar-refractivity contribution in [3.8, 4) is 34.9 Å². The Balaban J connectivity index is 0.00000423. The number of halogens is 10. The van der Waals surface area contributed by atoms with E-state index in [1.807, 2.05) is 6.07 Å². The van der Waals surface area contributed by atoms with E-state index in [4.69, 9.17) is 14.2 Å². The van der Waals surface area contributed by atoms with Gasteiger partial charge in [0.15, 0.2) is 0 Å². The second-order valence-electron chi connectivity index (χ2n) is 9.22. The fourth-order valence-electron chi connectivity index (χ4n) is 4.00. The van der Waals surface area contributed by atoms with Crippen LogP contribution in [0.4, 0.5) is 43.9 Å². The summed E-state index contributed by atoms with van der Waals surface area (Å²) in [5.74, 6) is -14.7. The summed E-state index contributed by atoms with van der Waals surface area (Å²) < 4.78 is 158. The number of ether oxygens (including phenoxy) is 3. The van der Waals surface area contributed by atoms with Crippen molar-refractivity contribution in [2.45, 2.75) is 31.6 Å². The third-order valence-electron chi connectivity index (χ3n) is 6.03. The number of benzene rings is 2. The van der Waals surface area contributed by atoms with Crippen LogP contribution in [0.2, 0.25) is 0 Å². The maximum absolute atomic E-state index is 15.4. The summed E-state index contributed by atoms with van der Waals surface area (Å²) in [6, 6.07) is 10.4. The number of pyridine rings is 2. The van der Waals surface area contributed by atoms with Gasteiger partial charge in [-0.2, -0.15) is 31.3 Å². The van der Waals surface area contributed by atoms with Crippen molar-refractivity contribution in [1.82, 2.24) is 9.97 Å². The molecular weight excluding hydrogens is 785 g/mol. The molecule has 5 nitrogen and oxygen atoms in total. The van der Waals surface area contributed by atoms with E-state index in [0.29, 0.717) is 0 Å². The molecule has 2 aromatic heterocycles. The van der Waals surface area contributed by atoms with Gasteiger partial charge in [0.05, 0.1) is 40.4 Å². The molecule has 0 amide bonds. The molecule has 0 unspecified atom stereocenters. The molecule has 16 heteroatoms. The maximum Gasteiger partial charge on any atom is 2.00 e. The quantitative estimate of drug-likeness (QED) is 0.132. The van der Waals surface area contributed by atoms with Gasteiger partial charge in [-0.3, -0.25) is 17.6 Å². The molecule has 1 aliphatic heterocycles. The average molecular weight is 797 g/mol. The Hall–Kier alpha value is -3.87. The van der Waals surface area contributed by atoms with Crippen molar-refractivity contribution >= 4 is 0 Å².